The Kier molecular flexibility index (Phi) is 5.58. The first-order valence-corrected chi connectivity index (χ1v) is 11.0. The molecule has 1 aliphatic carbocycles. The Morgan fingerprint density at radius 3 is 2.72 bits per heavy atom. The third-order valence-electron chi connectivity index (χ3n) is 6.04. The van der Waals surface area contributed by atoms with Gasteiger partial charge in [-0.25, -0.2) is 4.98 Å². The van der Waals surface area contributed by atoms with E-state index in [1.165, 1.54) is 18.4 Å². The minimum atomic E-state index is -0.0544. The van der Waals surface area contributed by atoms with Crippen LogP contribution in [-0.2, 0) is 6.42 Å². The molecule has 0 radical (unpaired) electrons. The van der Waals surface area contributed by atoms with E-state index < -0.39 is 0 Å². The van der Waals surface area contributed by atoms with E-state index in [0.717, 1.165) is 35.2 Å². The lowest BCUT2D eigenvalue weighted by atomic mass is 10.1. The average Bonchev–Trinajstić information content (AvgIpc) is 3.59. The maximum absolute atomic E-state index is 13.6. The summed E-state index contributed by atoms with van der Waals surface area (Å²) in [7, 11) is 1.68. The number of nitrogens with zero attached hydrogens (tertiary/aromatic N) is 3. The molecule has 1 amide bonds. The molecule has 0 spiro atoms. The molecule has 0 aliphatic heterocycles. The summed E-state index contributed by atoms with van der Waals surface area (Å²) in [5.74, 6) is 1.36. The monoisotopic (exact) mass is 426 g/mol. The van der Waals surface area contributed by atoms with Crippen molar-refractivity contribution in [3.63, 3.8) is 0 Å². The lowest BCUT2D eigenvalue weighted by Gasteiger charge is -2.23. The van der Waals surface area contributed by atoms with Crippen LogP contribution in [0.1, 0.15) is 28.9 Å². The SMILES string of the molecule is COc1ccc2[nH]cc(CCN(CC3CC3)C(=O)c3nccnc3-c3ccccc3)c2c1. The second kappa shape index (κ2) is 8.83. The van der Waals surface area contributed by atoms with E-state index in [1.807, 2.05) is 59.6 Å². The molecule has 0 bridgehead atoms. The predicted molar refractivity (Wildman–Crippen MR) is 125 cm³/mol. The summed E-state index contributed by atoms with van der Waals surface area (Å²) >= 11 is 0. The van der Waals surface area contributed by atoms with Crippen molar-refractivity contribution in [2.45, 2.75) is 19.3 Å². The number of aromatic nitrogens is 3. The number of benzene rings is 2. The summed E-state index contributed by atoms with van der Waals surface area (Å²) in [6.07, 6.45) is 8.39. The number of amides is 1. The molecule has 162 valence electrons. The van der Waals surface area contributed by atoms with Crippen LogP contribution in [0.15, 0.2) is 67.1 Å². The largest absolute Gasteiger partial charge is 0.497 e. The van der Waals surface area contributed by atoms with Crippen LogP contribution in [-0.4, -0.2) is 46.0 Å². The van der Waals surface area contributed by atoms with E-state index in [1.54, 1.807) is 19.5 Å². The van der Waals surface area contributed by atoms with Crippen LogP contribution in [0.5, 0.6) is 5.75 Å². The van der Waals surface area contributed by atoms with Gasteiger partial charge in [0, 0.05) is 48.1 Å². The molecule has 6 heteroatoms. The molecule has 0 atom stereocenters. The number of methoxy groups -OCH3 is 1. The van der Waals surface area contributed by atoms with Crippen LogP contribution >= 0.6 is 0 Å². The van der Waals surface area contributed by atoms with Crippen molar-refractivity contribution in [1.29, 1.82) is 0 Å². The van der Waals surface area contributed by atoms with E-state index in [9.17, 15) is 4.79 Å². The van der Waals surface area contributed by atoms with Gasteiger partial charge < -0.3 is 14.6 Å². The van der Waals surface area contributed by atoms with Crippen molar-refractivity contribution < 1.29 is 9.53 Å². The summed E-state index contributed by atoms with van der Waals surface area (Å²) in [6.45, 7) is 1.39. The summed E-state index contributed by atoms with van der Waals surface area (Å²) in [5, 5.41) is 1.13. The molecule has 1 saturated carbocycles. The third kappa shape index (κ3) is 4.21. The van der Waals surface area contributed by atoms with E-state index in [-0.39, 0.29) is 5.91 Å². The number of nitrogens with one attached hydrogen (secondary N) is 1. The average molecular weight is 427 g/mol. The van der Waals surface area contributed by atoms with E-state index >= 15 is 0 Å². The van der Waals surface area contributed by atoms with Crippen LogP contribution in [0.4, 0.5) is 0 Å². The van der Waals surface area contributed by atoms with Gasteiger partial charge in [-0.3, -0.25) is 9.78 Å². The molecule has 2 aromatic heterocycles. The van der Waals surface area contributed by atoms with Gasteiger partial charge in [0.15, 0.2) is 5.69 Å². The van der Waals surface area contributed by atoms with Crippen molar-refractivity contribution in [1.82, 2.24) is 19.9 Å². The molecule has 0 unspecified atom stereocenters. The van der Waals surface area contributed by atoms with Crippen LogP contribution < -0.4 is 4.74 Å². The first-order valence-electron chi connectivity index (χ1n) is 11.0. The number of carbonyl (C=O) groups is 1. The molecule has 6 nitrogen and oxygen atoms in total. The third-order valence-corrected chi connectivity index (χ3v) is 6.04. The van der Waals surface area contributed by atoms with Crippen molar-refractivity contribution in [2.75, 3.05) is 20.2 Å². The fraction of sp³-hybridized carbons (Fsp3) is 0.269. The summed E-state index contributed by atoms with van der Waals surface area (Å²) in [4.78, 5) is 27.8. The molecule has 4 aromatic rings. The van der Waals surface area contributed by atoms with Crippen molar-refractivity contribution in [2.24, 2.45) is 5.92 Å². The minimum absolute atomic E-state index is 0.0544. The Bertz CT molecular complexity index is 1230. The number of H-pyrrole nitrogens is 1. The van der Waals surface area contributed by atoms with Gasteiger partial charge >= 0.3 is 0 Å². The normalized spacial score (nSPS) is 13.3. The molecule has 2 heterocycles. The fourth-order valence-corrected chi connectivity index (χ4v) is 4.09. The number of hydrogen-bond acceptors (Lipinski definition) is 4. The maximum atomic E-state index is 13.6. The number of hydrogen-bond donors (Lipinski definition) is 1. The fourth-order valence-electron chi connectivity index (χ4n) is 4.09. The molecule has 0 saturated heterocycles. The quantitative estimate of drug-likeness (QED) is 0.442. The highest BCUT2D eigenvalue weighted by molar-refractivity contribution is 5.98. The standard InChI is InChI=1S/C26H26N4O2/c1-32-21-9-10-23-22(15-21)20(16-29-23)11-14-30(17-18-7-8-18)26(31)25-24(27-12-13-28-25)19-5-3-2-4-6-19/h2-6,9-10,12-13,15-16,18,29H,7-8,11,14,17H2,1H3. The van der Waals surface area contributed by atoms with Gasteiger partial charge in [0.05, 0.1) is 7.11 Å². The Morgan fingerprint density at radius 1 is 1.12 bits per heavy atom. The highest BCUT2D eigenvalue weighted by Crippen LogP contribution is 2.31. The van der Waals surface area contributed by atoms with E-state index in [4.69, 9.17) is 4.74 Å². The maximum Gasteiger partial charge on any atom is 0.274 e. The Labute approximate surface area is 187 Å². The van der Waals surface area contributed by atoms with Crippen LogP contribution in [0.25, 0.3) is 22.2 Å². The first-order chi connectivity index (χ1) is 15.7. The minimum Gasteiger partial charge on any atom is -0.497 e. The smallest absolute Gasteiger partial charge is 0.274 e. The molecule has 5 rings (SSSR count). The molecule has 32 heavy (non-hydrogen) atoms. The van der Waals surface area contributed by atoms with Gasteiger partial charge in [-0.1, -0.05) is 30.3 Å². The van der Waals surface area contributed by atoms with Crippen LogP contribution in [0.2, 0.25) is 0 Å². The van der Waals surface area contributed by atoms with Crippen molar-refractivity contribution in [3.8, 4) is 17.0 Å². The summed E-state index contributed by atoms with van der Waals surface area (Å²) in [6, 6.07) is 15.8. The number of rotatable bonds is 8. The molecular formula is C26H26N4O2. The molecule has 1 aliphatic rings. The predicted octanol–water partition coefficient (Wildman–Crippen LogP) is 4.73. The van der Waals surface area contributed by atoms with Gasteiger partial charge in [0.1, 0.15) is 11.4 Å². The van der Waals surface area contributed by atoms with Crippen molar-refractivity contribution in [3.05, 3.63) is 78.4 Å². The summed E-state index contributed by atoms with van der Waals surface area (Å²) < 4.78 is 5.39. The molecule has 2 aromatic carbocycles. The van der Waals surface area contributed by atoms with Crippen molar-refractivity contribution >= 4 is 16.8 Å². The zero-order chi connectivity index (χ0) is 21.9. The van der Waals surface area contributed by atoms with Gasteiger partial charge in [0.25, 0.3) is 5.91 Å². The van der Waals surface area contributed by atoms with Gasteiger partial charge in [-0.15, -0.1) is 0 Å². The highest BCUT2D eigenvalue weighted by Gasteiger charge is 2.29. The zero-order valence-electron chi connectivity index (χ0n) is 18.1. The van der Waals surface area contributed by atoms with Crippen LogP contribution in [0.3, 0.4) is 0 Å². The number of carbonyl (C=O) groups excluding carboxylic acids is 1. The Balaban J connectivity index is 1.41. The van der Waals surface area contributed by atoms with Gasteiger partial charge in [-0.2, -0.15) is 0 Å². The topological polar surface area (TPSA) is 71.1 Å². The van der Waals surface area contributed by atoms with E-state index in [2.05, 4.69) is 15.0 Å². The first kappa shape index (κ1) is 20.2. The van der Waals surface area contributed by atoms with E-state index in [0.29, 0.717) is 23.9 Å². The van der Waals surface area contributed by atoms with Gasteiger partial charge in [0.2, 0.25) is 0 Å². The highest BCUT2D eigenvalue weighted by atomic mass is 16.5. The lowest BCUT2D eigenvalue weighted by molar-refractivity contribution is 0.0744. The van der Waals surface area contributed by atoms with Gasteiger partial charge in [-0.05, 0) is 48.9 Å². The summed E-state index contributed by atoms with van der Waals surface area (Å²) in [5.41, 5.74) is 4.20. The number of ether oxygens (including phenoxy) is 1. The second-order valence-electron chi connectivity index (χ2n) is 8.29. The van der Waals surface area contributed by atoms with Crippen LogP contribution in [0, 0.1) is 5.92 Å². The molecule has 1 fully saturated rings. The number of fused-ring (bicyclic) bond motifs is 1. The molecular weight excluding hydrogens is 400 g/mol. The Morgan fingerprint density at radius 2 is 1.94 bits per heavy atom. The molecule has 1 N–H and O–H groups in total. The number of aromatic amines is 1. The zero-order valence-corrected chi connectivity index (χ0v) is 18.1. The Hall–Kier alpha value is -3.67. The second-order valence-corrected chi connectivity index (χ2v) is 8.29. The lowest BCUT2D eigenvalue weighted by Crippen LogP contribution is -2.35.